The van der Waals surface area contributed by atoms with Gasteiger partial charge in [0.15, 0.2) is 0 Å². The summed E-state index contributed by atoms with van der Waals surface area (Å²) in [5, 5.41) is 0.619. The average Bonchev–Trinajstić information content (AvgIpc) is 2.51. The number of nitrogens with zero attached hydrogens (tertiary/aromatic N) is 2. The number of benzene rings is 2. The molecule has 0 radical (unpaired) electrons. The fourth-order valence-electron chi connectivity index (χ4n) is 3.40. The minimum absolute atomic E-state index is 0.0231. The minimum atomic E-state index is -0.253. The molecule has 0 saturated carbocycles. The van der Waals surface area contributed by atoms with Crippen LogP contribution < -0.4 is 4.90 Å². The molecule has 2 nitrogen and oxygen atoms in total. The highest BCUT2D eigenvalue weighted by Gasteiger charge is 2.34. The number of hydrogen-bond donors (Lipinski definition) is 0. The molecule has 24 heavy (non-hydrogen) atoms. The Morgan fingerprint density at radius 2 is 2.04 bits per heavy atom. The molecule has 2 aromatic rings. The smallest absolute Gasteiger partial charge is 0.134 e. The van der Waals surface area contributed by atoms with E-state index in [1.54, 1.807) is 24.4 Å². The van der Waals surface area contributed by atoms with Gasteiger partial charge in [-0.2, -0.15) is 0 Å². The van der Waals surface area contributed by atoms with Gasteiger partial charge in [-0.1, -0.05) is 24.6 Å². The molecule has 1 unspecified atom stereocenters. The van der Waals surface area contributed by atoms with Crippen LogP contribution in [0.25, 0.3) is 0 Å². The van der Waals surface area contributed by atoms with Crippen molar-refractivity contribution in [2.45, 2.75) is 38.6 Å². The third-order valence-electron chi connectivity index (χ3n) is 4.91. The summed E-state index contributed by atoms with van der Waals surface area (Å²) in [4.78, 5) is 6.53. The number of hydrogen-bond acceptors (Lipinski definition) is 2. The van der Waals surface area contributed by atoms with Crippen LogP contribution in [0.2, 0.25) is 5.02 Å². The first-order valence-electron chi connectivity index (χ1n) is 8.15. The standard InChI is InChI=1S/C20H22ClFN2/c1-13-11-20(2,3)24(4)19-10-18(22)14(8-17(13)19)12-23-16-7-5-6-15(21)9-16/h5-10,12-13H,11H2,1-4H3. The lowest BCUT2D eigenvalue weighted by atomic mass is 9.80. The highest BCUT2D eigenvalue weighted by Crippen LogP contribution is 2.43. The predicted octanol–water partition coefficient (Wildman–Crippen LogP) is 5.95. The van der Waals surface area contributed by atoms with Crippen LogP contribution in [0.15, 0.2) is 41.4 Å². The van der Waals surface area contributed by atoms with Gasteiger partial charge in [0.05, 0.1) is 5.69 Å². The first-order chi connectivity index (χ1) is 11.3. The molecule has 3 rings (SSSR count). The Kier molecular flexibility index (Phi) is 4.39. The maximum Gasteiger partial charge on any atom is 0.134 e. The molecule has 0 amide bonds. The zero-order valence-electron chi connectivity index (χ0n) is 14.5. The van der Waals surface area contributed by atoms with Crippen molar-refractivity contribution < 1.29 is 4.39 Å². The second kappa shape index (κ2) is 6.21. The third kappa shape index (κ3) is 3.18. The molecule has 0 saturated heterocycles. The Hall–Kier alpha value is -1.87. The quantitative estimate of drug-likeness (QED) is 0.614. The van der Waals surface area contributed by atoms with E-state index in [-0.39, 0.29) is 11.4 Å². The maximum atomic E-state index is 14.6. The second-order valence-electron chi connectivity index (χ2n) is 7.15. The monoisotopic (exact) mass is 344 g/mol. The highest BCUT2D eigenvalue weighted by atomic mass is 35.5. The summed E-state index contributed by atoms with van der Waals surface area (Å²) in [7, 11) is 2.03. The first kappa shape index (κ1) is 17.0. The van der Waals surface area contributed by atoms with E-state index in [9.17, 15) is 4.39 Å². The van der Waals surface area contributed by atoms with Gasteiger partial charge in [-0.25, -0.2) is 4.39 Å². The van der Waals surface area contributed by atoms with Crippen molar-refractivity contribution in [1.82, 2.24) is 0 Å². The Morgan fingerprint density at radius 1 is 1.29 bits per heavy atom. The van der Waals surface area contributed by atoms with Gasteiger partial charge in [-0.15, -0.1) is 0 Å². The zero-order valence-corrected chi connectivity index (χ0v) is 15.2. The number of anilines is 1. The number of halogens is 2. The van der Waals surface area contributed by atoms with Crippen molar-refractivity contribution >= 4 is 29.2 Å². The lowest BCUT2D eigenvalue weighted by molar-refractivity contribution is 0.394. The van der Waals surface area contributed by atoms with E-state index >= 15 is 0 Å². The molecule has 0 bridgehead atoms. The molecular weight excluding hydrogens is 323 g/mol. The minimum Gasteiger partial charge on any atom is -0.369 e. The number of rotatable bonds is 2. The summed E-state index contributed by atoms with van der Waals surface area (Å²) in [6.45, 7) is 6.58. The van der Waals surface area contributed by atoms with E-state index in [0.29, 0.717) is 22.2 Å². The van der Waals surface area contributed by atoms with Gasteiger partial charge in [0.25, 0.3) is 0 Å². The van der Waals surface area contributed by atoms with Gasteiger partial charge < -0.3 is 4.90 Å². The van der Waals surface area contributed by atoms with Crippen LogP contribution in [0.1, 0.15) is 44.2 Å². The van der Waals surface area contributed by atoms with Crippen LogP contribution in [0.5, 0.6) is 0 Å². The summed E-state index contributed by atoms with van der Waals surface area (Å²) < 4.78 is 14.6. The van der Waals surface area contributed by atoms with Gasteiger partial charge in [0.2, 0.25) is 0 Å². The van der Waals surface area contributed by atoms with Gasteiger partial charge in [0, 0.05) is 35.1 Å². The normalized spacial score (nSPS) is 19.6. The summed E-state index contributed by atoms with van der Waals surface area (Å²) in [6, 6.07) is 10.8. The molecule has 0 spiro atoms. The molecule has 126 valence electrons. The average molecular weight is 345 g/mol. The van der Waals surface area contributed by atoms with Crippen molar-refractivity contribution in [2.75, 3.05) is 11.9 Å². The molecule has 4 heteroatoms. The van der Waals surface area contributed by atoms with Gasteiger partial charge in [0.1, 0.15) is 5.82 Å². The van der Waals surface area contributed by atoms with E-state index in [1.165, 1.54) is 5.56 Å². The van der Waals surface area contributed by atoms with Gasteiger partial charge in [-0.3, -0.25) is 4.99 Å². The molecule has 2 aromatic carbocycles. The molecular formula is C20H22ClFN2. The summed E-state index contributed by atoms with van der Waals surface area (Å²) >= 11 is 5.96. The lowest BCUT2D eigenvalue weighted by Crippen LogP contribution is -2.45. The van der Waals surface area contributed by atoms with Crippen LogP contribution in [-0.2, 0) is 0 Å². The fourth-order valence-corrected chi connectivity index (χ4v) is 3.59. The lowest BCUT2D eigenvalue weighted by Gasteiger charge is -2.45. The van der Waals surface area contributed by atoms with Crippen LogP contribution in [-0.4, -0.2) is 18.8 Å². The first-order valence-corrected chi connectivity index (χ1v) is 8.52. The van der Waals surface area contributed by atoms with E-state index in [1.807, 2.05) is 25.2 Å². The van der Waals surface area contributed by atoms with Crippen molar-refractivity contribution in [3.63, 3.8) is 0 Å². The van der Waals surface area contributed by atoms with Crippen LogP contribution in [0.3, 0.4) is 0 Å². The van der Waals surface area contributed by atoms with E-state index in [2.05, 4.69) is 30.7 Å². The Labute approximate surface area is 148 Å². The Balaban J connectivity index is 1.99. The van der Waals surface area contributed by atoms with Gasteiger partial charge in [-0.05, 0) is 62.1 Å². The summed E-state index contributed by atoms with van der Waals surface area (Å²) in [5.41, 5.74) is 3.39. The number of fused-ring (bicyclic) bond motifs is 1. The van der Waals surface area contributed by atoms with E-state index < -0.39 is 0 Å². The molecule has 0 N–H and O–H groups in total. The molecule has 1 atom stereocenters. The fraction of sp³-hybridized carbons (Fsp3) is 0.350. The van der Waals surface area contributed by atoms with Crippen molar-refractivity contribution in [3.8, 4) is 0 Å². The summed E-state index contributed by atoms with van der Waals surface area (Å²) in [6.07, 6.45) is 2.61. The van der Waals surface area contributed by atoms with Crippen LogP contribution >= 0.6 is 11.6 Å². The van der Waals surface area contributed by atoms with Gasteiger partial charge >= 0.3 is 0 Å². The molecule has 0 aromatic heterocycles. The van der Waals surface area contributed by atoms with E-state index in [0.717, 1.165) is 12.1 Å². The molecule has 1 heterocycles. The van der Waals surface area contributed by atoms with Crippen LogP contribution in [0, 0.1) is 5.82 Å². The van der Waals surface area contributed by atoms with E-state index in [4.69, 9.17) is 11.6 Å². The topological polar surface area (TPSA) is 15.6 Å². The second-order valence-corrected chi connectivity index (χ2v) is 7.58. The predicted molar refractivity (Wildman–Crippen MR) is 101 cm³/mol. The van der Waals surface area contributed by atoms with Crippen molar-refractivity contribution in [3.05, 3.63) is 58.4 Å². The summed E-state index contributed by atoms with van der Waals surface area (Å²) in [5.74, 6) is 0.126. The molecule has 0 fully saturated rings. The molecule has 1 aliphatic rings. The SMILES string of the molecule is CC1CC(C)(C)N(C)c2cc(F)c(C=Nc3cccc(Cl)c3)cc21. The highest BCUT2D eigenvalue weighted by molar-refractivity contribution is 6.30. The molecule has 0 aliphatic carbocycles. The van der Waals surface area contributed by atoms with Crippen molar-refractivity contribution in [1.29, 1.82) is 0 Å². The third-order valence-corrected chi connectivity index (χ3v) is 5.15. The molecule has 1 aliphatic heterocycles. The largest absolute Gasteiger partial charge is 0.369 e. The maximum absolute atomic E-state index is 14.6. The van der Waals surface area contributed by atoms with Crippen LogP contribution in [0.4, 0.5) is 15.8 Å². The zero-order chi connectivity index (χ0) is 17.5. The van der Waals surface area contributed by atoms with Crippen molar-refractivity contribution in [2.24, 2.45) is 4.99 Å². The Morgan fingerprint density at radius 3 is 2.75 bits per heavy atom. The number of aliphatic imine (C=N–C) groups is 1. The Bertz CT molecular complexity index is 798.